The number of carbonyl (C=O) groups is 2. The van der Waals surface area contributed by atoms with Crippen LogP contribution in [0.25, 0.3) is 0 Å². The van der Waals surface area contributed by atoms with Crippen LogP contribution in [0.2, 0.25) is 0 Å². The average Bonchev–Trinajstić information content (AvgIpc) is 3.46. The van der Waals surface area contributed by atoms with Gasteiger partial charge in [-0.3, -0.25) is 18.6 Å². The molecule has 0 fully saturated rings. The summed E-state index contributed by atoms with van der Waals surface area (Å²) in [6.45, 7) is 3.51. The van der Waals surface area contributed by atoms with E-state index in [-0.39, 0.29) is 38.6 Å². The number of rotatable bonds is 59. The van der Waals surface area contributed by atoms with Gasteiger partial charge in [-0.05, 0) is 116 Å². The average molecular weight is 1140 g/mol. The Hall–Kier alpha value is -4.11. The molecule has 0 spiro atoms. The van der Waals surface area contributed by atoms with Gasteiger partial charge in [-0.15, -0.1) is 0 Å². The van der Waals surface area contributed by atoms with Crippen molar-refractivity contribution in [2.24, 2.45) is 5.73 Å². The Morgan fingerprint density at radius 3 is 0.951 bits per heavy atom. The summed E-state index contributed by atoms with van der Waals surface area (Å²) in [5.74, 6) is -0.839. The molecule has 0 aliphatic rings. The van der Waals surface area contributed by atoms with Gasteiger partial charge in [0.1, 0.15) is 6.61 Å². The van der Waals surface area contributed by atoms with Crippen molar-refractivity contribution >= 4 is 19.8 Å². The van der Waals surface area contributed by atoms with Gasteiger partial charge in [0.25, 0.3) is 0 Å². The van der Waals surface area contributed by atoms with Crippen LogP contribution in [0.5, 0.6) is 0 Å². The highest BCUT2D eigenvalue weighted by Crippen LogP contribution is 2.43. The lowest BCUT2D eigenvalue weighted by atomic mass is 10.0. The van der Waals surface area contributed by atoms with Gasteiger partial charge in [0.2, 0.25) is 0 Å². The number of phosphoric ester groups is 1. The summed E-state index contributed by atoms with van der Waals surface area (Å²) >= 11 is 0. The molecule has 3 N–H and O–H groups in total. The van der Waals surface area contributed by atoms with Gasteiger partial charge in [-0.1, -0.05) is 275 Å². The molecule has 0 aliphatic carbocycles. The lowest BCUT2D eigenvalue weighted by Crippen LogP contribution is -2.29. The zero-order chi connectivity index (χ0) is 58.7. The molecule has 460 valence electrons. The predicted molar refractivity (Wildman–Crippen MR) is 348 cm³/mol. The minimum absolute atomic E-state index is 0.0461. The van der Waals surface area contributed by atoms with Crippen molar-refractivity contribution < 1.29 is 37.6 Å². The smallest absolute Gasteiger partial charge is 0.462 e. The Balaban J connectivity index is 3.96. The lowest BCUT2D eigenvalue weighted by Gasteiger charge is -2.19. The van der Waals surface area contributed by atoms with Crippen LogP contribution in [0.3, 0.4) is 0 Å². The van der Waals surface area contributed by atoms with Crippen LogP contribution in [0.15, 0.2) is 146 Å². The number of hydrogen-bond donors (Lipinski definition) is 2. The van der Waals surface area contributed by atoms with Gasteiger partial charge in [0.05, 0.1) is 13.2 Å². The second-order valence-electron chi connectivity index (χ2n) is 20.9. The largest absolute Gasteiger partial charge is 0.472 e. The first-order chi connectivity index (χ1) is 39.8. The quantitative estimate of drug-likeness (QED) is 0.0264. The topological polar surface area (TPSA) is 134 Å². The third kappa shape index (κ3) is 64.9. The molecule has 9 nitrogen and oxygen atoms in total. The van der Waals surface area contributed by atoms with Crippen molar-refractivity contribution in [3.8, 4) is 0 Å². The summed E-state index contributed by atoms with van der Waals surface area (Å²) in [4.78, 5) is 35.3. The molecule has 10 heteroatoms. The highest BCUT2D eigenvalue weighted by atomic mass is 31.2. The molecular weight excluding hydrogens is 1030 g/mol. The maximum absolute atomic E-state index is 12.7. The number of phosphoric acid groups is 1. The summed E-state index contributed by atoms with van der Waals surface area (Å²) in [5, 5.41) is 0. The van der Waals surface area contributed by atoms with Crippen LogP contribution in [-0.4, -0.2) is 49.3 Å². The van der Waals surface area contributed by atoms with Crippen LogP contribution >= 0.6 is 7.82 Å². The Morgan fingerprint density at radius 1 is 0.370 bits per heavy atom. The number of allylic oxidation sites excluding steroid dienone is 24. The molecule has 0 aromatic heterocycles. The van der Waals surface area contributed by atoms with Crippen LogP contribution in [-0.2, 0) is 32.7 Å². The molecule has 0 amide bonds. The molecule has 2 atom stereocenters. The Morgan fingerprint density at radius 2 is 0.642 bits per heavy atom. The van der Waals surface area contributed by atoms with E-state index >= 15 is 0 Å². The fourth-order valence-corrected chi connectivity index (χ4v) is 9.29. The number of unbranched alkanes of at least 4 members (excludes halogenated alkanes) is 22. The molecule has 0 aliphatic heterocycles. The fourth-order valence-electron chi connectivity index (χ4n) is 8.53. The van der Waals surface area contributed by atoms with Crippen molar-refractivity contribution in [1.29, 1.82) is 0 Å². The van der Waals surface area contributed by atoms with E-state index in [4.69, 9.17) is 24.3 Å². The van der Waals surface area contributed by atoms with Gasteiger partial charge in [0, 0.05) is 19.4 Å². The molecule has 0 heterocycles. The summed E-state index contributed by atoms with van der Waals surface area (Å²) < 4.78 is 33.1. The van der Waals surface area contributed by atoms with Gasteiger partial charge >= 0.3 is 19.8 Å². The first kappa shape index (κ1) is 76.9. The third-order valence-electron chi connectivity index (χ3n) is 13.2. The van der Waals surface area contributed by atoms with E-state index in [1.165, 1.54) is 89.9 Å². The Labute approximate surface area is 496 Å². The van der Waals surface area contributed by atoms with Crippen LogP contribution in [0, 0.1) is 0 Å². The fraction of sp³-hybridized carbons (Fsp3) is 0.634. The van der Waals surface area contributed by atoms with Gasteiger partial charge in [-0.25, -0.2) is 4.57 Å². The molecule has 0 aromatic rings. The van der Waals surface area contributed by atoms with E-state index in [0.717, 1.165) is 135 Å². The van der Waals surface area contributed by atoms with Crippen LogP contribution < -0.4 is 5.73 Å². The molecule has 0 aromatic carbocycles. The molecule has 2 unspecified atom stereocenters. The second-order valence-corrected chi connectivity index (χ2v) is 22.3. The van der Waals surface area contributed by atoms with Crippen molar-refractivity contribution in [3.63, 3.8) is 0 Å². The molecule has 81 heavy (non-hydrogen) atoms. The summed E-state index contributed by atoms with van der Waals surface area (Å²) in [5.41, 5.74) is 5.39. The van der Waals surface area contributed by atoms with E-state index in [1.807, 2.05) is 0 Å². The molecular formula is C71H118NO8P. The normalized spacial score (nSPS) is 14.0. The number of ether oxygens (including phenoxy) is 2. The predicted octanol–water partition coefficient (Wildman–Crippen LogP) is 21.1. The molecule has 0 saturated carbocycles. The summed E-state index contributed by atoms with van der Waals surface area (Å²) in [6.07, 6.45) is 93.4. The number of carbonyl (C=O) groups excluding carboxylic acids is 2. The van der Waals surface area contributed by atoms with Crippen molar-refractivity contribution in [1.82, 2.24) is 0 Å². The minimum atomic E-state index is -4.40. The minimum Gasteiger partial charge on any atom is -0.462 e. The van der Waals surface area contributed by atoms with E-state index in [1.54, 1.807) is 0 Å². The molecule has 0 radical (unpaired) electrons. The SMILES string of the molecule is CC/C=C\C/C=C\C/C=C\C/C=C\C/C=C\C/C=C\C/C=C\C/C=C\CCCCCCCCCCCCCCC(=O)OC(COC(=O)CCCCCCCCCCCC/C=C\C/C=C\C/C=C\C/C=C\CC)COP(=O)(O)OCCN. The lowest BCUT2D eigenvalue weighted by molar-refractivity contribution is -0.161. The summed E-state index contributed by atoms with van der Waals surface area (Å²) in [6, 6.07) is 0. The van der Waals surface area contributed by atoms with E-state index in [0.29, 0.717) is 6.42 Å². The maximum atomic E-state index is 12.7. The molecule has 0 saturated heterocycles. The van der Waals surface area contributed by atoms with Gasteiger partial charge < -0.3 is 20.1 Å². The first-order valence-electron chi connectivity index (χ1n) is 32.3. The highest BCUT2D eigenvalue weighted by Gasteiger charge is 2.26. The van der Waals surface area contributed by atoms with Gasteiger partial charge in [0.15, 0.2) is 6.10 Å². The van der Waals surface area contributed by atoms with Crippen molar-refractivity contribution in [2.45, 2.75) is 264 Å². The maximum Gasteiger partial charge on any atom is 0.472 e. The van der Waals surface area contributed by atoms with Gasteiger partial charge in [-0.2, -0.15) is 0 Å². The molecule has 0 rings (SSSR count). The van der Waals surface area contributed by atoms with E-state index < -0.39 is 26.5 Å². The van der Waals surface area contributed by atoms with Crippen LogP contribution in [0.1, 0.15) is 258 Å². The molecule has 0 bridgehead atoms. The summed E-state index contributed by atoms with van der Waals surface area (Å²) in [7, 11) is -4.40. The Kier molecular flexibility index (Phi) is 61.7. The Bertz CT molecular complexity index is 1830. The zero-order valence-corrected chi connectivity index (χ0v) is 52.4. The second kappa shape index (κ2) is 65.0. The van der Waals surface area contributed by atoms with E-state index in [2.05, 4.69) is 160 Å². The van der Waals surface area contributed by atoms with Crippen LogP contribution in [0.4, 0.5) is 0 Å². The standard InChI is InChI=1S/C71H118NO8P/c1-3-5-7-9-11-13-15-17-19-21-23-25-27-28-29-30-31-32-33-34-35-36-37-38-39-40-42-44-46-48-50-52-54-56-58-60-62-64-71(74)80-69(68-79-81(75,76)78-66-65-72)67-77-70(73)63-61-59-57-55-53-51-49-47-45-43-41-26-24-22-20-18-16-14-12-10-8-6-4-2/h5-8,11-14,17-20,23-26,28-29,31-32,34-35,37-38,69H,3-4,9-10,15-16,21-22,27,30,33,36,39-68,72H2,1-2H3,(H,75,76)/b7-5-,8-6-,13-11-,14-12-,19-17-,20-18-,25-23-,26-24-,29-28-,32-31-,35-34-,38-37-. The zero-order valence-electron chi connectivity index (χ0n) is 51.5. The van der Waals surface area contributed by atoms with E-state index in [9.17, 15) is 19.0 Å². The monoisotopic (exact) mass is 1140 g/mol. The van der Waals surface area contributed by atoms with Crippen molar-refractivity contribution in [3.05, 3.63) is 146 Å². The number of nitrogens with two attached hydrogens (primary N) is 1. The first-order valence-corrected chi connectivity index (χ1v) is 33.8. The number of esters is 2. The third-order valence-corrected chi connectivity index (χ3v) is 14.2. The van der Waals surface area contributed by atoms with Crippen molar-refractivity contribution in [2.75, 3.05) is 26.4 Å². The highest BCUT2D eigenvalue weighted by molar-refractivity contribution is 7.47. The number of hydrogen-bond acceptors (Lipinski definition) is 8.